The molecule has 0 radical (unpaired) electrons. The van der Waals surface area contributed by atoms with Crippen LogP contribution in [0.25, 0.3) is 0 Å². The molecular weight excluding hydrogens is 200 g/mol. The van der Waals surface area contributed by atoms with Gasteiger partial charge in [-0.25, -0.2) is 0 Å². The molecule has 0 saturated carbocycles. The second kappa shape index (κ2) is 9.62. The summed E-state index contributed by atoms with van der Waals surface area (Å²) in [5.41, 5.74) is 0. The van der Waals surface area contributed by atoms with E-state index in [0.29, 0.717) is 18.3 Å². The second-order valence-electron chi connectivity index (χ2n) is 5.07. The Morgan fingerprint density at radius 2 is 1.81 bits per heavy atom. The number of rotatable bonds is 9. The lowest BCUT2D eigenvalue weighted by Crippen LogP contribution is -2.32. The van der Waals surface area contributed by atoms with Gasteiger partial charge >= 0.3 is 0 Å². The number of nitriles is 1. The lowest BCUT2D eigenvalue weighted by atomic mass is 10.2. The number of hydrogen-bond acceptors (Lipinski definition) is 3. The fraction of sp³-hybridized carbons (Fsp3) is 0.923. The van der Waals surface area contributed by atoms with Gasteiger partial charge in [-0.3, -0.25) is 4.90 Å². The third kappa shape index (κ3) is 9.95. The maximum absolute atomic E-state index is 8.59. The molecule has 0 heterocycles. The van der Waals surface area contributed by atoms with Crippen molar-refractivity contribution in [2.45, 2.75) is 34.1 Å². The highest BCUT2D eigenvalue weighted by Gasteiger charge is 2.06. The molecule has 0 aromatic heterocycles. The fourth-order valence-electron chi connectivity index (χ4n) is 1.53. The van der Waals surface area contributed by atoms with Crippen LogP contribution in [0.15, 0.2) is 0 Å². The van der Waals surface area contributed by atoms with Crippen molar-refractivity contribution in [3.63, 3.8) is 0 Å². The molecule has 0 aromatic rings. The van der Waals surface area contributed by atoms with Crippen LogP contribution in [0.4, 0.5) is 0 Å². The fourth-order valence-corrected chi connectivity index (χ4v) is 1.53. The van der Waals surface area contributed by atoms with Crippen molar-refractivity contribution in [1.29, 1.82) is 5.26 Å². The molecule has 0 atom stereocenters. The van der Waals surface area contributed by atoms with Crippen molar-refractivity contribution in [3.05, 3.63) is 0 Å². The van der Waals surface area contributed by atoms with Gasteiger partial charge in [0.15, 0.2) is 0 Å². The van der Waals surface area contributed by atoms with Crippen molar-refractivity contribution in [2.75, 3.05) is 32.8 Å². The predicted octanol–water partition coefficient (Wildman–Crippen LogP) is 2.53. The molecule has 0 amide bonds. The Morgan fingerprint density at radius 1 is 1.12 bits per heavy atom. The first-order chi connectivity index (χ1) is 7.56. The summed E-state index contributed by atoms with van der Waals surface area (Å²) in [5.74, 6) is 1.24. The highest BCUT2D eigenvalue weighted by Crippen LogP contribution is 2.00. The maximum atomic E-state index is 8.59. The van der Waals surface area contributed by atoms with E-state index in [1.165, 1.54) is 0 Å². The minimum absolute atomic E-state index is 0.595. The smallest absolute Gasteiger partial charge is 0.0635 e. The Hall–Kier alpha value is -0.590. The Kier molecular flexibility index (Phi) is 9.27. The van der Waals surface area contributed by atoms with Gasteiger partial charge in [0.05, 0.1) is 12.7 Å². The molecule has 3 nitrogen and oxygen atoms in total. The summed E-state index contributed by atoms with van der Waals surface area (Å²) in [4.78, 5) is 2.31. The summed E-state index contributed by atoms with van der Waals surface area (Å²) in [5, 5.41) is 8.59. The Bertz CT molecular complexity index is 197. The molecule has 0 fully saturated rings. The van der Waals surface area contributed by atoms with Crippen molar-refractivity contribution < 1.29 is 4.74 Å². The van der Waals surface area contributed by atoms with Gasteiger partial charge in [0.2, 0.25) is 0 Å². The van der Waals surface area contributed by atoms with Crippen LogP contribution in [0.5, 0.6) is 0 Å². The van der Waals surface area contributed by atoms with Crippen LogP contribution < -0.4 is 0 Å². The molecule has 0 spiro atoms. The quantitative estimate of drug-likeness (QED) is 0.567. The molecule has 0 aromatic carbocycles. The van der Waals surface area contributed by atoms with Crippen LogP contribution in [0.2, 0.25) is 0 Å². The number of hydrogen-bond donors (Lipinski definition) is 0. The van der Waals surface area contributed by atoms with Crippen LogP contribution in [0.3, 0.4) is 0 Å². The number of ether oxygens (including phenoxy) is 1. The largest absolute Gasteiger partial charge is 0.380 e. The Labute approximate surface area is 100 Å². The standard InChI is InChI=1S/C13H26N2O/c1-12(2)10-15(7-5-6-14)8-9-16-11-13(3)4/h12-13H,5,7-11H2,1-4H3. The average Bonchev–Trinajstić information content (AvgIpc) is 2.19. The van der Waals surface area contributed by atoms with Crippen LogP contribution in [-0.2, 0) is 4.74 Å². The molecule has 0 N–H and O–H groups in total. The first-order valence-electron chi connectivity index (χ1n) is 6.23. The highest BCUT2D eigenvalue weighted by atomic mass is 16.5. The van der Waals surface area contributed by atoms with Crippen LogP contribution >= 0.6 is 0 Å². The van der Waals surface area contributed by atoms with Crippen molar-refractivity contribution in [2.24, 2.45) is 11.8 Å². The molecule has 0 aliphatic carbocycles. The van der Waals surface area contributed by atoms with Gasteiger partial charge in [-0.1, -0.05) is 27.7 Å². The van der Waals surface area contributed by atoms with Crippen LogP contribution in [0.1, 0.15) is 34.1 Å². The van der Waals surface area contributed by atoms with Crippen LogP contribution in [0, 0.1) is 23.2 Å². The summed E-state index contributed by atoms with van der Waals surface area (Å²) < 4.78 is 5.56. The molecule has 0 rings (SSSR count). The van der Waals surface area contributed by atoms with E-state index in [2.05, 4.69) is 38.7 Å². The molecular formula is C13H26N2O. The lowest BCUT2D eigenvalue weighted by molar-refractivity contribution is 0.0827. The summed E-state index contributed by atoms with van der Waals surface area (Å²) in [6.45, 7) is 13.2. The molecule has 0 aliphatic heterocycles. The summed E-state index contributed by atoms with van der Waals surface area (Å²) in [6, 6.07) is 2.20. The van der Waals surface area contributed by atoms with E-state index in [4.69, 9.17) is 10.00 Å². The van der Waals surface area contributed by atoms with Gasteiger partial charge in [0.25, 0.3) is 0 Å². The van der Waals surface area contributed by atoms with E-state index in [1.807, 2.05) is 0 Å². The molecule has 3 heteroatoms. The van der Waals surface area contributed by atoms with Gasteiger partial charge in [-0.2, -0.15) is 5.26 Å². The van der Waals surface area contributed by atoms with E-state index >= 15 is 0 Å². The SMILES string of the molecule is CC(C)COCCN(CCC#N)CC(C)C. The van der Waals surface area contributed by atoms with Crippen molar-refractivity contribution in [3.8, 4) is 6.07 Å². The summed E-state index contributed by atoms with van der Waals surface area (Å²) in [6.07, 6.45) is 0.608. The van der Waals surface area contributed by atoms with Gasteiger partial charge in [0, 0.05) is 32.7 Å². The summed E-state index contributed by atoms with van der Waals surface area (Å²) >= 11 is 0. The molecule has 0 unspecified atom stereocenters. The zero-order chi connectivity index (χ0) is 12.4. The lowest BCUT2D eigenvalue weighted by Gasteiger charge is -2.23. The van der Waals surface area contributed by atoms with E-state index in [9.17, 15) is 0 Å². The second-order valence-corrected chi connectivity index (χ2v) is 5.07. The van der Waals surface area contributed by atoms with E-state index in [-0.39, 0.29) is 0 Å². The topological polar surface area (TPSA) is 36.3 Å². The molecule has 0 bridgehead atoms. The van der Waals surface area contributed by atoms with E-state index in [1.54, 1.807) is 0 Å². The van der Waals surface area contributed by atoms with Gasteiger partial charge in [0.1, 0.15) is 0 Å². The highest BCUT2D eigenvalue weighted by molar-refractivity contribution is 4.72. The first-order valence-corrected chi connectivity index (χ1v) is 6.23. The van der Waals surface area contributed by atoms with E-state index in [0.717, 1.165) is 32.8 Å². The molecule has 94 valence electrons. The zero-order valence-electron chi connectivity index (χ0n) is 11.2. The average molecular weight is 226 g/mol. The predicted molar refractivity (Wildman–Crippen MR) is 67.2 cm³/mol. The van der Waals surface area contributed by atoms with Crippen LogP contribution in [-0.4, -0.2) is 37.7 Å². The van der Waals surface area contributed by atoms with Gasteiger partial charge in [-0.05, 0) is 11.8 Å². The molecule has 16 heavy (non-hydrogen) atoms. The third-order valence-corrected chi connectivity index (χ3v) is 2.17. The Morgan fingerprint density at radius 3 is 2.31 bits per heavy atom. The number of nitrogens with zero attached hydrogens (tertiary/aromatic N) is 2. The minimum atomic E-state index is 0.595. The monoisotopic (exact) mass is 226 g/mol. The van der Waals surface area contributed by atoms with Crippen molar-refractivity contribution in [1.82, 2.24) is 4.90 Å². The zero-order valence-corrected chi connectivity index (χ0v) is 11.2. The van der Waals surface area contributed by atoms with E-state index < -0.39 is 0 Å². The third-order valence-electron chi connectivity index (χ3n) is 2.17. The van der Waals surface area contributed by atoms with Crippen molar-refractivity contribution >= 4 is 0 Å². The Balaban J connectivity index is 3.69. The first kappa shape index (κ1) is 15.4. The van der Waals surface area contributed by atoms with Gasteiger partial charge in [-0.15, -0.1) is 0 Å². The normalized spacial score (nSPS) is 11.4. The summed E-state index contributed by atoms with van der Waals surface area (Å²) in [7, 11) is 0. The van der Waals surface area contributed by atoms with Gasteiger partial charge < -0.3 is 4.74 Å². The molecule has 0 saturated heterocycles. The minimum Gasteiger partial charge on any atom is -0.380 e. The maximum Gasteiger partial charge on any atom is 0.0635 e. The molecule has 0 aliphatic rings.